The molecule has 0 saturated heterocycles. The maximum Gasteiger partial charge on any atom is 0.252 e. The fourth-order valence-corrected chi connectivity index (χ4v) is 3.87. The van der Waals surface area contributed by atoms with Crippen molar-refractivity contribution in [1.82, 2.24) is 29.9 Å². The van der Waals surface area contributed by atoms with E-state index in [2.05, 4.69) is 15.5 Å². The molecule has 8 heteroatoms. The summed E-state index contributed by atoms with van der Waals surface area (Å²) in [6, 6.07) is 7.52. The van der Waals surface area contributed by atoms with Crippen LogP contribution in [-0.4, -0.2) is 30.5 Å². The van der Waals surface area contributed by atoms with Crippen molar-refractivity contribution in [1.29, 1.82) is 0 Å². The Bertz CT molecular complexity index is 1120. The number of hydrogen-bond acceptors (Lipinski definition) is 5. The number of pyridine rings is 1. The molecular weight excluding hydrogens is 360 g/mol. The molecule has 0 aromatic carbocycles. The van der Waals surface area contributed by atoms with Gasteiger partial charge in [0.2, 0.25) is 0 Å². The summed E-state index contributed by atoms with van der Waals surface area (Å²) in [4.78, 5) is 18.9. The number of carbonyl (C=O) groups excluding carboxylic acids is 1. The van der Waals surface area contributed by atoms with Gasteiger partial charge in [-0.2, -0.15) is 10.2 Å². The van der Waals surface area contributed by atoms with E-state index in [-0.39, 0.29) is 11.9 Å². The molecule has 1 amide bonds. The largest absolute Gasteiger partial charge is 0.344 e. The van der Waals surface area contributed by atoms with Crippen LogP contribution in [0.1, 0.15) is 34.7 Å². The Kier molecular flexibility index (Phi) is 4.27. The summed E-state index contributed by atoms with van der Waals surface area (Å²) < 4.78 is 3.45. The third-order valence-corrected chi connectivity index (χ3v) is 5.40. The average molecular weight is 380 g/mol. The van der Waals surface area contributed by atoms with Crippen molar-refractivity contribution in [3.63, 3.8) is 0 Å². The molecule has 0 aliphatic carbocycles. The number of amides is 1. The smallest absolute Gasteiger partial charge is 0.252 e. The fourth-order valence-electron chi connectivity index (χ4n) is 3.19. The highest BCUT2D eigenvalue weighted by molar-refractivity contribution is 7.13. The molecule has 27 heavy (non-hydrogen) atoms. The molecule has 0 aliphatic rings. The number of rotatable bonds is 4. The van der Waals surface area contributed by atoms with Crippen molar-refractivity contribution in [3.8, 4) is 10.6 Å². The van der Waals surface area contributed by atoms with Crippen LogP contribution < -0.4 is 5.32 Å². The van der Waals surface area contributed by atoms with Crippen molar-refractivity contribution in [3.05, 3.63) is 52.8 Å². The maximum atomic E-state index is 13.1. The summed E-state index contributed by atoms with van der Waals surface area (Å²) >= 11 is 1.59. The lowest BCUT2D eigenvalue weighted by Crippen LogP contribution is -2.27. The molecule has 0 bridgehead atoms. The molecule has 4 heterocycles. The van der Waals surface area contributed by atoms with Crippen molar-refractivity contribution >= 4 is 28.3 Å². The number of aryl methyl sites for hydroxylation is 3. The first kappa shape index (κ1) is 17.4. The Hall–Kier alpha value is -3.00. The topological polar surface area (TPSA) is 77.6 Å². The summed E-state index contributed by atoms with van der Waals surface area (Å²) in [5.74, 6) is -0.158. The summed E-state index contributed by atoms with van der Waals surface area (Å²) in [6.07, 6.45) is 1.86. The quantitative estimate of drug-likeness (QED) is 0.590. The number of thiophene rings is 1. The molecule has 4 rings (SSSR count). The molecule has 0 unspecified atom stereocenters. The van der Waals surface area contributed by atoms with Crippen molar-refractivity contribution < 1.29 is 4.79 Å². The van der Waals surface area contributed by atoms with Gasteiger partial charge in [-0.3, -0.25) is 14.2 Å². The van der Waals surface area contributed by atoms with Gasteiger partial charge in [0, 0.05) is 20.3 Å². The van der Waals surface area contributed by atoms with Crippen LogP contribution >= 0.6 is 11.3 Å². The highest BCUT2D eigenvalue weighted by Gasteiger charge is 2.21. The summed E-state index contributed by atoms with van der Waals surface area (Å²) in [7, 11) is 3.70. The Labute approximate surface area is 160 Å². The minimum Gasteiger partial charge on any atom is -0.344 e. The molecular formula is C19H20N6OS. The summed E-state index contributed by atoms with van der Waals surface area (Å²) in [5.41, 5.74) is 3.66. The van der Waals surface area contributed by atoms with Gasteiger partial charge in [-0.1, -0.05) is 6.07 Å². The first-order chi connectivity index (χ1) is 12.9. The minimum atomic E-state index is -0.205. The second-order valence-electron chi connectivity index (χ2n) is 6.55. The standard InChI is InChI=1S/C19H20N6OS/c1-11(14-7-8-24(3)23-14)20-19(26)13-10-15(16-6-5-9-27-16)21-18-17(13)12(2)22-25(18)4/h5-11H,1-4H3,(H,20,26)/t11-/m0/s1. The number of aromatic nitrogens is 5. The van der Waals surface area contributed by atoms with Crippen LogP contribution in [0.25, 0.3) is 21.6 Å². The van der Waals surface area contributed by atoms with Gasteiger partial charge in [0.05, 0.1) is 39.0 Å². The Morgan fingerprint density at radius 1 is 1.26 bits per heavy atom. The third kappa shape index (κ3) is 3.12. The van der Waals surface area contributed by atoms with Crippen molar-refractivity contribution in [2.75, 3.05) is 0 Å². The lowest BCUT2D eigenvalue weighted by molar-refractivity contribution is 0.0940. The number of hydrogen-bond donors (Lipinski definition) is 1. The molecule has 1 N–H and O–H groups in total. The molecule has 4 aromatic heterocycles. The second-order valence-corrected chi connectivity index (χ2v) is 7.50. The van der Waals surface area contributed by atoms with Crippen LogP contribution in [-0.2, 0) is 14.1 Å². The number of fused-ring (bicyclic) bond motifs is 1. The lowest BCUT2D eigenvalue weighted by Gasteiger charge is -2.13. The molecule has 7 nitrogen and oxygen atoms in total. The number of nitrogens with one attached hydrogen (secondary N) is 1. The van der Waals surface area contributed by atoms with Crippen LogP contribution in [0.2, 0.25) is 0 Å². The molecule has 0 fully saturated rings. The van der Waals surface area contributed by atoms with Crippen molar-refractivity contribution in [2.24, 2.45) is 14.1 Å². The van der Waals surface area contributed by atoms with Gasteiger partial charge in [-0.05, 0) is 37.4 Å². The van der Waals surface area contributed by atoms with Gasteiger partial charge in [-0.25, -0.2) is 4.98 Å². The van der Waals surface area contributed by atoms with E-state index in [4.69, 9.17) is 4.98 Å². The van der Waals surface area contributed by atoms with Crippen molar-refractivity contribution in [2.45, 2.75) is 19.9 Å². The fraction of sp³-hybridized carbons (Fsp3) is 0.263. The van der Waals surface area contributed by atoms with E-state index in [0.29, 0.717) is 11.2 Å². The highest BCUT2D eigenvalue weighted by atomic mass is 32.1. The molecule has 0 spiro atoms. The van der Waals surface area contributed by atoms with Gasteiger partial charge < -0.3 is 5.32 Å². The number of nitrogens with zero attached hydrogens (tertiary/aromatic N) is 5. The van der Waals surface area contributed by atoms with E-state index in [1.54, 1.807) is 20.7 Å². The van der Waals surface area contributed by atoms with Crippen LogP contribution in [0.15, 0.2) is 35.8 Å². The third-order valence-electron chi connectivity index (χ3n) is 4.51. The minimum absolute atomic E-state index is 0.158. The molecule has 0 saturated carbocycles. The van der Waals surface area contributed by atoms with Gasteiger partial charge in [-0.15, -0.1) is 11.3 Å². The monoisotopic (exact) mass is 380 g/mol. The Morgan fingerprint density at radius 3 is 2.74 bits per heavy atom. The van der Waals surface area contributed by atoms with E-state index in [1.165, 1.54) is 0 Å². The Morgan fingerprint density at radius 2 is 2.07 bits per heavy atom. The number of carbonyl (C=O) groups is 1. The normalized spacial score (nSPS) is 12.4. The maximum absolute atomic E-state index is 13.1. The van der Waals surface area contributed by atoms with Crippen LogP contribution in [0.3, 0.4) is 0 Å². The zero-order valence-electron chi connectivity index (χ0n) is 15.6. The zero-order valence-corrected chi connectivity index (χ0v) is 16.4. The molecule has 4 aromatic rings. The van der Waals surface area contributed by atoms with Gasteiger partial charge >= 0.3 is 0 Å². The second kappa shape index (κ2) is 6.62. The molecule has 1 atom stereocenters. The lowest BCUT2D eigenvalue weighted by atomic mass is 10.1. The predicted octanol–water partition coefficient (Wildman–Crippen LogP) is 3.23. The Balaban J connectivity index is 1.78. The zero-order chi connectivity index (χ0) is 19.1. The summed E-state index contributed by atoms with van der Waals surface area (Å²) in [5, 5.41) is 14.7. The average Bonchev–Trinajstić information content (AvgIpc) is 3.36. The van der Waals surface area contributed by atoms with Gasteiger partial charge in [0.25, 0.3) is 5.91 Å². The molecule has 0 radical (unpaired) electrons. The van der Waals surface area contributed by atoms with Crippen LogP contribution in [0.4, 0.5) is 0 Å². The van der Waals surface area contributed by atoms with Gasteiger partial charge in [0.1, 0.15) is 0 Å². The van der Waals surface area contributed by atoms with E-state index in [9.17, 15) is 4.79 Å². The van der Waals surface area contributed by atoms with Gasteiger partial charge in [0.15, 0.2) is 5.65 Å². The molecule has 138 valence electrons. The SMILES string of the molecule is Cc1nn(C)c2nc(-c3cccs3)cc(C(=O)N[C@@H](C)c3ccn(C)n3)c12. The van der Waals surface area contributed by atoms with Crippen LogP contribution in [0, 0.1) is 6.92 Å². The predicted molar refractivity (Wildman–Crippen MR) is 106 cm³/mol. The van der Waals surface area contributed by atoms with E-state index in [1.807, 2.05) is 63.8 Å². The first-order valence-corrected chi connectivity index (χ1v) is 9.50. The van der Waals surface area contributed by atoms with E-state index >= 15 is 0 Å². The highest BCUT2D eigenvalue weighted by Crippen LogP contribution is 2.29. The van der Waals surface area contributed by atoms with E-state index < -0.39 is 0 Å². The first-order valence-electron chi connectivity index (χ1n) is 8.62. The molecule has 0 aliphatic heterocycles. The van der Waals surface area contributed by atoms with Crippen LogP contribution in [0.5, 0.6) is 0 Å². The summed E-state index contributed by atoms with van der Waals surface area (Å²) in [6.45, 7) is 3.82. The van der Waals surface area contributed by atoms with E-state index in [0.717, 1.165) is 27.3 Å².